The van der Waals surface area contributed by atoms with Crippen LogP contribution >= 0.6 is 0 Å². The molecule has 0 bridgehead atoms. The summed E-state index contributed by atoms with van der Waals surface area (Å²) >= 11 is 0. The fraction of sp³-hybridized carbons (Fsp3) is 0.857. The number of hydrogen-bond acceptors (Lipinski definition) is 3. The molecule has 0 aromatic carbocycles. The van der Waals surface area contributed by atoms with Crippen molar-refractivity contribution in [3.05, 3.63) is 0 Å². The summed E-state index contributed by atoms with van der Waals surface area (Å²) in [5, 5.41) is 9.27. The molecule has 0 aliphatic carbocycles. The number of aliphatic imine (C=N–C) groups is 1. The maximum absolute atomic E-state index is 11.4. The maximum atomic E-state index is 11.4. The smallest absolute Gasteiger partial charge is 0.241 e. The van der Waals surface area contributed by atoms with Gasteiger partial charge in [0.2, 0.25) is 5.91 Å². The van der Waals surface area contributed by atoms with Crippen molar-refractivity contribution in [1.82, 2.24) is 20.9 Å². The van der Waals surface area contributed by atoms with Gasteiger partial charge in [0, 0.05) is 25.7 Å². The monoisotopic (exact) mass is 283 g/mol. The molecule has 6 heteroatoms. The molecule has 1 heterocycles. The average Bonchev–Trinajstić information content (AvgIpc) is 2.89. The number of amides is 1. The van der Waals surface area contributed by atoms with Crippen molar-refractivity contribution in [3.8, 4) is 0 Å². The van der Waals surface area contributed by atoms with E-state index in [1.54, 1.807) is 0 Å². The number of carbonyl (C=O) groups is 1. The molecule has 1 amide bonds. The maximum Gasteiger partial charge on any atom is 0.241 e. The summed E-state index contributed by atoms with van der Waals surface area (Å²) in [6, 6.07) is 0.577. The van der Waals surface area contributed by atoms with E-state index in [0.29, 0.717) is 12.6 Å². The summed E-state index contributed by atoms with van der Waals surface area (Å²) in [6.07, 6.45) is 2.50. The summed E-state index contributed by atoms with van der Waals surface area (Å²) in [5.41, 5.74) is 0. The van der Waals surface area contributed by atoms with Gasteiger partial charge in [-0.3, -0.25) is 9.69 Å². The molecule has 1 atom stereocenters. The molecule has 3 N–H and O–H groups in total. The minimum absolute atomic E-state index is 0.0410. The Bertz CT molecular complexity index is 319. The van der Waals surface area contributed by atoms with Crippen molar-refractivity contribution in [2.75, 3.05) is 39.3 Å². The number of hydrogen-bond donors (Lipinski definition) is 3. The second-order valence-electron chi connectivity index (χ2n) is 4.95. The predicted molar refractivity (Wildman–Crippen MR) is 82.9 cm³/mol. The number of likely N-dealkylation sites (N-methyl/N-ethyl adjacent to an activating group) is 2. The van der Waals surface area contributed by atoms with Crippen LogP contribution in [0.15, 0.2) is 4.99 Å². The molecule has 1 saturated heterocycles. The Balaban J connectivity index is 2.41. The highest BCUT2D eigenvalue weighted by molar-refractivity contribution is 5.84. The second kappa shape index (κ2) is 9.58. The Hall–Kier alpha value is -1.30. The highest BCUT2D eigenvalue weighted by Gasteiger charge is 2.22. The van der Waals surface area contributed by atoms with Gasteiger partial charge < -0.3 is 16.0 Å². The molecule has 0 aromatic rings. The van der Waals surface area contributed by atoms with Crippen molar-refractivity contribution < 1.29 is 4.79 Å². The third kappa shape index (κ3) is 5.77. The number of nitrogens with zero attached hydrogens (tertiary/aromatic N) is 2. The van der Waals surface area contributed by atoms with Crippen LogP contribution in [0, 0.1) is 0 Å². The van der Waals surface area contributed by atoms with E-state index in [2.05, 4.69) is 32.8 Å². The minimum atomic E-state index is -0.0410. The first-order chi connectivity index (χ1) is 9.71. The summed E-state index contributed by atoms with van der Waals surface area (Å²) in [5.74, 6) is 0.683. The van der Waals surface area contributed by atoms with Crippen LogP contribution in [0.5, 0.6) is 0 Å². The number of carbonyl (C=O) groups excluding carboxylic acids is 1. The van der Waals surface area contributed by atoms with Gasteiger partial charge in [0.25, 0.3) is 0 Å². The Kier molecular flexibility index (Phi) is 8.02. The van der Waals surface area contributed by atoms with Crippen LogP contribution in [-0.2, 0) is 4.79 Å². The molecule has 1 aliphatic heterocycles. The average molecular weight is 283 g/mol. The Labute approximate surface area is 122 Å². The lowest BCUT2D eigenvalue weighted by molar-refractivity contribution is -0.119. The molecule has 0 radical (unpaired) electrons. The van der Waals surface area contributed by atoms with Crippen molar-refractivity contribution in [1.29, 1.82) is 0 Å². The van der Waals surface area contributed by atoms with Crippen LogP contribution in [-0.4, -0.2) is 62.1 Å². The molecule has 1 unspecified atom stereocenters. The van der Waals surface area contributed by atoms with Crippen molar-refractivity contribution in [2.45, 2.75) is 39.7 Å². The van der Waals surface area contributed by atoms with Gasteiger partial charge in [0.05, 0.1) is 0 Å². The molecular formula is C14H29N5O. The number of guanidine groups is 1. The first-order valence-corrected chi connectivity index (χ1v) is 7.74. The van der Waals surface area contributed by atoms with E-state index < -0.39 is 0 Å². The fourth-order valence-electron chi connectivity index (χ4n) is 2.50. The molecule has 1 aliphatic rings. The van der Waals surface area contributed by atoms with Gasteiger partial charge in [-0.2, -0.15) is 0 Å². The molecule has 20 heavy (non-hydrogen) atoms. The Morgan fingerprint density at radius 2 is 1.95 bits per heavy atom. The van der Waals surface area contributed by atoms with E-state index in [1.807, 2.05) is 13.8 Å². The van der Waals surface area contributed by atoms with E-state index in [-0.39, 0.29) is 12.5 Å². The second-order valence-corrected chi connectivity index (χ2v) is 4.95. The molecule has 0 aromatic heterocycles. The van der Waals surface area contributed by atoms with Gasteiger partial charge in [-0.05, 0) is 39.8 Å². The van der Waals surface area contributed by atoms with E-state index in [0.717, 1.165) is 25.6 Å². The number of rotatable bonds is 7. The molecule has 6 nitrogen and oxygen atoms in total. The molecule has 0 saturated carbocycles. The summed E-state index contributed by atoms with van der Waals surface area (Å²) in [7, 11) is 0. The van der Waals surface area contributed by atoms with E-state index in [1.165, 1.54) is 19.4 Å². The summed E-state index contributed by atoms with van der Waals surface area (Å²) < 4.78 is 0. The highest BCUT2D eigenvalue weighted by atomic mass is 16.1. The fourth-order valence-corrected chi connectivity index (χ4v) is 2.50. The first kappa shape index (κ1) is 16.8. The molecule has 0 spiro atoms. The zero-order valence-electron chi connectivity index (χ0n) is 13.0. The molecule has 1 fully saturated rings. The molecule has 1 rings (SSSR count). The highest BCUT2D eigenvalue weighted by Crippen LogP contribution is 2.15. The van der Waals surface area contributed by atoms with Crippen LogP contribution < -0.4 is 16.0 Å². The minimum Gasteiger partial charge on any atom is -0.357 e. The van der Waals surface area contributed by atoms with Crippen molar-refractivity contribution >= 4 is 11.9 Å². The zero-order valence-corrected chi connectivity index (χ0v) is 13.0. The lowest BCUT2D eigenvalue weighted by Gasteiger charge is -2.23. The van der Waals surface area contributed by atoms with Gasteiger partial charge in [-0.1, -0.05) is 6.92 Å². The Morgan fingerprint density at radius 1 is 1.20 bits per heavy atom. The third-order valence-electron chi connectivity index (χ3n) is 3.51. The number of nitrogens with one attached hydrogen (secondary N) is 3. The van der Waals surface area contributed by atoms with Crippen LogP contribution in [0.2, 0.25) is 0 Å². The van der Waals surface area contributed by atoms with E-state index >= 15 is 0 Å². The van der Waals surface area contributed by atoms with Gasteiger partial charge in [-0.25, -0.2) is 4.99 Å². The van der Waals surface area contributed by atoms with Crippen LogP contribution in [0.3, 0.4) is 0 Å². The zero-order chi connectivity index (χ0) is 14.8. The number of likely N-dealkylation sites (tertiary alicyclic amines) is 1. The predicted octanol–water partition coefficient (Wildman–Crippen LogP) is 0.162. The summed E-state index contributed by atoms with van der Waals surface area (Å²) in [4.78, 5) is 18.2. The lowest BCUT2D eigenvalue weighted by atomic mass is 10.2. The first-order valence-electron chi connectivity index (χ1n) is 7.74. The normalized spacial score (nSPS) is 19.9. The van der Waals surface area contributed by atoms with E-state index in [9.17, 15) is 4.79 Å². The SMILES string of the molecule is CCNC(=O)CN=C(NCC)NCC1CCCN1CC. The largest absolute Gasteiger partial charge is 0.357 e. The summed E-state index contributed by atoms with van der Waals surface area (Å²) in [6.45, 7) is 10.9. The van der Waals surface area contributed by atoms with Gasteiger partial charge in [0.15, 0.2) is 5.96 Å². The quantitative estimate of drug-likeness (QED) is 0.460. The molecular weight excluding hydrogens is 254 g/mol. The van der Waals surface area contributed by atoms with Crippen LogP contribution in [0.4, 0.5) is 0 Å². The molecule has 116 valence electrons. The van der Waals surface area contributed by atoms with Crippen LogP contribution in [0.1, 0.15) is 33.6 Å². The van der Waals surface area contributed by atoms with Gasteiger partial charge in [-0.15, -0.1) is 0 Å². The van der Waals surface area contributed by atoms with Crippen LogP contribution in [0.25, 0.3) is 0 Å². The topological polar surface area (TPSA) is 68.8 Å². The lowest BCUT2D eigenvalue weighted by Crippen LogP contribution is -2.45. The van der Waals surface area contributed by atoms with Gasteiger partial charge >= 0.3 is 0 Å². The standard InChI is InChI=1S/C14H29N5O/c1-4-15-13(20)11-18-14(16-5-2)17-10-12-8-7-9-19(12)6-3/h12H,4-11H2,1-3H3,(H,15,20)(H2,16,17,18). The van der Waals surface area contributed by atoms with Gasteiger partial charge in [0.1, 0.15) is 6.54 Å². The van der Waals surface area contributed by atoms with Crippen molar-refractivity contribution in [3.63, 3.8) is 0 Å². The third-order valence-corrected chi connectivity index (χ3v) is 3.51. The van der Waals surface area contributed by atoms with Crippen molar-refractivity contribution in [2.24, 2.45) is 4.99 Å². The Morgan fingerprint density at radius 3 is 2.60 bits per heavy atom. The van der Waals surface area contributed by atoms with E-state index in [4.69, 9.17) is 0 Å².